The van der Waals surface area contributed by atoms with Crippen molar-refractivity contribution in [3.05, 3.63) is 65.2 Å². The van der Waals surface area contributed by atoms with Crippen LogP contribution in [0.2, 0.25) is 0 Å². The number of hydrogen-bond acceptors (Lipinski definition) is 4. The average Bonchev–Trinajstić information content (AvgIpc) is 3.33. The minimum Gasteiger partial charge on any atom is -0.296 e. The Morgan fingerprint density at radius 2 is 1.63 bits per heavy atom. The maximum absolute atomic E-state index is 4.54. The van der Waals surface area contributed by atoms with Gasteiger partial charge in [0.1, 0.15) is 0 Å². The zero-order valence-corrected chi connectivity index (χ0v) is 16.2. The fourth-order valence-electron chi connectivity index (χ4n) is 3.83. The van der Waals surface area contributed by atoms with Crippen molar-refractivity contribution in [2.75, 3.05) is 13.1 Å². The molecule has 2 aromatic carbocycles. The fraction of sp³-hybridized carbons (Fsp3) is 0.409. The van der Waals surface area contributed by atoms with Crippen molar-refractivity contribution in [2.24, 2.45) is 0 Å². The highest BCUT2D eigenvalue weighted by Gasteiger charge is 2.25. The fourth-order valence-corrected chi connectivity index (χ4v) is 3.83. The average molecular weight is 361 g/mol. The van der Waals surface area contributed by atoms with Gasteiger partial charge in [0.05, 0.1) is 6.54 Å². The number of aryl methyl sites for hydroxylation is 3. The lowest BCUT2D eigenvalue weighted by atomic mass is 10.0. The maximum Gasteiger partial charge on any atom is 0.204 e. The second-order valence-electron chi connectivity index (χ2n) is 7.53. The van der Waals surface area contributed by atoms with Gasteiger partial charge in [-0.3, -0.25) is 4.90 Å². The third-order valence-electron chi connectivity index (χ3n) is 5.39. The van der Waals surface area contributed by atoms with Crippen LogP contribution in [-0.4, -0.2) is 38.2 Å². The highest BCUT2D eigenvalue weighted by atomic mass is 15.6. The molecule has 0 bridgehead atoms. The van der Waals surface area contributed by atoms with Gasteiger partial charge in [0.15, 0.2) is 0 Å². The molecule has 1 aliphatic heterocycles. The molecule has 0 aliphatic carbocycles. The molecule has 1 fully saturated rings. The Kier molecular flexibility index (Phi) is 5.30. The van der Waals surface area contributed by atoms with Gasteiger partial charge in [-0.25, -0.2) is 0 Å². The molecule has 140 valence electrons. The number of likely N-dealkylation sites (tertiary alicyclic amines) is 1. The van der Waals surface area contributed by atoms with Gasteiger partial charge in [0, 0.05) is 18.2 Å². The minimum atomic E-state index is 0.553. The van der Waals surface area contributed by atoms with Crippen LogP contribution in [-0.2, 0) is 6.54 Å². The van der Waals surface area contributed by atoms with Gasteiger partial charge in [-0.2, -0.15) is 4.80 Å². The first-order valence-electron chi connectivity index (χ1n) is 9.84. The van der Waals surface area contributed by atoms with Crippen LogP contribution in [0.15, 0.2) is 48.5 Å². The van der Waals surface area contributed by atoms with E-state index in [1.165, 1.54) is 36.1 Å². The van der Waals surface area contributed by atoms with Gasteiger partial charge in [-0.05, 0) is 50.4 Å². The molecule has 4 rings (SSSR count). The zero-order valence-electron chi connectivity index (χ0n) is 16.2. The highest BCUT2D eigenvalue weighted by molar-refractivity contribution is 5.53. The highest BCUT2D eigenvalue weighted by Crippen LogP contribution is 2.31. The van der Waals surface area contributed by atoms with E-state index in [2.05, 4.69) is 70.6 Å². The molecule has 1 atom stereocenters. The van der Waals surface area contributed by atoms with E-state index in [1.807, 2.05) is 12.1 Å². The summed E-state index contributed by atoms with van der Waals surface area (Å²) in [5.74, 6) is 0.703. The third-order valence-corrected chi connectivity index (χ3v) is 5.39. The van der Waals surface area contributed by atoms with Crippen molar-refractivity contribution in [3.8, 4) is 11.4 Å². The summed E-state index contributed by atoms with van der Waals surface area (Å²) in [6.07, 6.45) is 3.56. The Bertz CT molecular complexity index is 866. The lowest BCUT2D eigenvalue weighted by molar-refractivity contribution is 0.245. The molecule has 27 heavy (non-hydrogen) atoms. The second-order valence-corrected chi connectivity index (χ2v) is 7.53. The SMILES string of the molecule is Cc1ccc(-c2nnn(CCCN3CCCC3c3ccc(C)cc3)n2)cc1. The first kappa shape index (κ1) is 17.9. The molecule has 3 aromatic rings. The molecule has 0 N–H and O–H groups in total. The van der Waals surface area contributed by atoms with E-state index < -0.39 is 0 Å². The van der Waals surface area contributed by atoms with Crippen molar-refractivity contribution in [3.63, 3.8) is 0 Å². The first-order valence-corrected chi connectivity index (χ1v) is 9.84. The molecule has 5 nitrogen and oxygen atoms in total. The van der Waals surface area contributed by atoms with Crippen LogP contribution in [0.3, 0.4) is 0 Å². The summed E-state index contributed by atoms with van der Waals surface area (Å²) < 4.78 is 0. The number of benzene rings is 2. The van der Waals surface area contributed by atoms with E-state index in [0.29, 0.717) is 11.9 Å². The largest absolute Gasteiger partial charge is 0.296 e. The Morgan fingerprint density at radius 1 is 0.926 bits per heavy atom. The molecule has 0 spiro atoms. The van der Waals surface area contributed by atoms with Crippen molar-refractivity contribution in [2.45, 2.75) is 45.7 Å². The Hall–Kier alpha value is -2.53. The van der Waals surface area contributed by atoms with Crippen molar-refractivity contribution in [1.82, 2.24) is 25.1 Å². The molecule has 1 aliphatic rings. The van der Waals surface area contributed by atoms with Gasteiger partial charge in [-0.1, -0.05) is 59.7 Å². The van der Waals surface area contributed by atoms with Gasteiger partial charge < -0.3 is 0 Å². The number of tetrazole rings is 1. The van der Waals surface area contributed by atoms with Gasteiger partial charge in [-0.15, -0.1) is 10.2 Å². The zero-order chi connectivity index (χ0) is 18.6. The molecule has 5 heteroatoms. The monoisotopic (exact) mass is 361 g/mol. The summed E-state index contributed by atoms with van der Waals surface area (Å²) in [4.78, 5) is 4.33. The topological polar surface area (TPSA) is 46.8 Å². The summed E-state index contributed by atoms with van der Waals surface area (Å²) in [5, 5.41) is 13.0. The lowest BCUT2D eigenvalue weighted by Gasteiger charge is -2.24. The molecular formula is C22H27N5. The van der Waals surface area contributed by atoms with Crippen molar-refractivity contribution < 1.29 is 0 Å². The van der Waals surface area contributed by atoms with E-state index in [9.17, 15) is 0 Å². The number of aromatic nitrogens is 4. The molecule has 1 aromatic heterocycles. The molecule has 1 saturated heterocycles. The van der Waals surface area contributed by atoms with E-state index in [0.717, 1.165) is 25.1 Å². The van der Waals surface area contributed by atoms with Gasteiger partial charge in [0.2, 0.25) is 5.82 Å². The van der Waals surface area contributed by atoms with Gasteiger partial charge >= 0.3 is 0 Å². The summed E-state index contributed by atoms with van der Waals surface area (Å²) in [5.41, 5.74) is 5.02. The number of nitrogens with zero attached hydrogens (tertiary/aromatic N) is 5. The predicted molar refractivity (Wildman–Crippen MR) is 107 cm³/mol. The van der Waals surface area contributed by atoms with Crippen LogP contribution < -0.4 is 0 Å². The van der Waals surface area contributed by atoms with Crippen molar-refractivity contribution >= 4 is 0 Å². The van der Waals surface area contributed by atoms with E-state index in [1.54, 1.807) is 4.80 Å². The summed E-state index contributed by atoms with van der Waals surface area (Å²) >= 11 is 0. The van der Waals surface area contributed by atoms with Crippen LogP contribution >= 0.6 is 0 Å². The predicted octanol–water partition coefficient (Wildman–Crippen LogP) is 4.18. The number of rotatable bonds is 6. The maximum atomic E-state index is 4.54. The van der Waals surface area contributed by atoms with Crippen molar-refractivity contribution in [1.29, 1.82) is 0 Å². The summed E-state index contributed by atoms with van der Waals surface area (Å²) in [6.45, 7) is 7.27. The normalized spacial score (nSPS) is 17.5. The molecule has 2 heterocycles. The first-order chi connectivity index (χ1) is 13.2. The van der Waals surface area contributed by atoms with Crippen LogP contribution in [0.25, 0.3) is 11.4 Å². The quantitative estimate of drug-likeness (QED) is 0.661. The Morgan fingerprint density at radius 3 is 2.37 bits per heavy atom. The molecule has 0 saturated carbocycles. The van der Waals surface area contributed by atoms with E-state index in [4.69, 9.17) is 0 Å². The van der Waals surface area contributed by atoms with Crippen LogP contribution in [0.1, 0.15) is 42.0 Å². The molecule has 1 unspecified atom stereocenters. The minimum absolute atomic E-state index is 0.553. The van der Waals surface area contributed by atoms with Crippen LogP contribution in [0, 0.1) is 13.8 Å². The summed E-state index contributed by atoms with van der Waals surface area (Å²) in [7, 11) is 0. The Labute approximate surface area is 161 Å². The Balaban J connectivity index is 1.33. The van der Waals surface area contributed by atoms with Crippen LogP contribution in [0.5, 0.6) is 0 Å². The number of hydrogen-bond donors (Lipinski definition) is 0. The molecular weight excluding hydrogens is 334 g/mol. The smallest absolute Gasteiger partial charge is 0.204 e. The second kappa shape index (κ2) is 8.01. The van der Waals surface area contributed by atoms with E-state index >= 15 is 0 Å². The van der Waals surface area contributed by atoms with Crippen LogP contribution in [0.4, 0.5) is 0 Å². The van der Waals surface area contributed by atoms with Gasteiger partial charge in [0.25, 0.3) is 0 Å². The lowest BCUT2D eigenvalue weighted by Crippen LogP contribution is -2.25. The standard InChI is InChI=1S/C22H27N5/c1-17-6-10-19(11-7-17)21-5-3-14-26(21)15-4-16-27-24-22(23-25-27)20-12-8-18(2)9-13-20/h6-13,21H,3-5,14-16H2,1-2H3. The molecule has 0 amide bonds. The third kappa shape index (κ3) is 4.25. The summed E-state index contributed by atoms with van der Waals surface area (Å²) in [6, 6.07) is 17.8. The van der Waals surface area contributed by atoms with E-state index in [-0.39, 0.29) is 0 Å². The molecule has 0 radical (unpaired) electrons.